The molecule has 0 bridgehead atoms. The van der Waals surface area contributed by atoms with Gasteiger partial charge in [-0.2, -0.15) is 0 Å². The first-order valence-electron chi connectivity index (χ1n) is 7.53. The third-order valence-corrected chi connectivity index (χ3v) is 3.32. The van der Waals surface area contributed by atoms with Crippen molar-refractivity contribution in [2.24, 2.45) is 5.92 Å². The minimum absolute atomic E-state index is 0.861. The summed E-state index contributed by atoms with van der Waals surface area (Å²) in [6.07, 6.45) is 14.0. The average molecular weight is 240 g/mol. The van der Waals surface area contributed by atoms with E-state index in [1.54, 1.807) is 0 Å². The number of allylic oxidation sites excluding steroid dienone is 1. The number of rotatable bonds is 13. The van der Waals surface area contributed by atoms with Crippen molar-refractivity contribution in [3.63, 3.8) is 0 Å². The van der Waals surface area contributed by atoms with Crippen LogP contribution in [-0.4, -0.2) is 13.2 Å². The van der Waals surface area contributed by atoms with E-state index in [4.69, 9.17) is 4.74 Å². The van der Waals surface area contributed by atoms with Crippen LogP contribution in [0.1, 0.15) is 71.6 Å². The van der Waals surface area contributed by atoms with E-state index in [0.29, 0.717) is 0 Å². The summed E-state index contributed by atoms with van der Waals surface area (Å²) in [7, 11) is 0. The van der Waals surface area contributed by atoms with Crippen LogP contribution in [-0.2, 0) is 4.74 Å². The van der Waals surface area contributed by atoms with Crippen molar-refractivity contribution < 1.29 is 4.74 Å². The minimum Gasteiger partial charge on any atom is -0.382 e. The molecule has 0 heterocycles. The Balaban J connectivity index is 3.48. The summed E-state index contributed by atoms with van der Waals surface area (Å²) >= 11 is 0. The van der Waals surface area contributed by atoms with Gasteiger partial charge in [-0.3, -0.25) is 0 Å². The van der Waals surface area contributed by atoms with Crippen LogP contribution in [0, 0.1) is 5.92 Å². The lowest BCUT2D eigenvalue weighted by atomic mass is 9.92. The molecular formula is C16H32O. The molecule has 1 heteroatoms. The van der Waals surface area contributed by atoms with Gasteiger partial charge in [0, 0.05) is 13.2 Å². The largest absolute Gasteiger partial charge is 0.382 e. The molecule has 0 fully saturated rings. The summed E-state index contributed by atoms with van der Waals surface area (Å²) in [6.45, 7) is 9.95. The Morgan fingerprint density at radius 2 is 1.76 bits per heavy atom. The predicted octanol–water partition coefficient (Wildman–Crippen LogP) is 5.36. The topological polar surface area (TPSA) is 9.23 Å². The van der Waals surface area contributed by atoms with E-state index in [1.807, 2.05) is 6.08 Å². The molecule has 0 N–H and O–H groups in total. The van der Waals surface area contributed by atoms with Gasteiger partial charge in [0.25, 0.3) is 0 Å². The van der Waals surface area contributed by atoms with Gasteiger partial charge in [0.1, 0.15) is 0 Å². The van der Waals surface area contributed by atoms with Crippen LogP contribution in [0.5, 0.6) is 0 Å². The molecule has 0 aliphatic carbocycles. The highest BCUT2D eigenvalue weighted by atomic mass is 16.5. The standard InChI is InChI=1S/C16H32O/c1-4-7-8-9-10-13-16(12-5-2)14-11-15-17-6-3/h4,16H,1,5-15H2,2-3H3. The smallest absolute Gasteiger partial charge is 0.0465 e. The molecule has 0 amide bonds. The van der Waals surface area contributed by atoms with E-state index in [1.165, 1.54) is 57.8 Å². The van der Waals surface area contributed by atoms with Crippen LogP contribution in [0.3, 0.4) is 0 Å². The van der Waals surface area contributed by atoms with E-state index in [0.717, 1.165) is 19.1 Å². The van der Waals surface area contributed by atoms with Crippen LogP contribution in [0.15, 0.2) is 12.7 Å². The van der Waals surface area contributed by atoms with Crippen molar-refractivity contribution >= 4 is 0 Å². The summed E-state index contributed by atoms with van der Waals surface area (Å²) in [6, 6.07) is 0. The highest BCUT2D eigenvalue weighted by molar-refractivity contribution is 4.66. The second-order valence-electron chi connectivity index (χ2n) is 4.92. The summed E-state index contributed by atoms with van der Waals surface area (Å²) in [4.78, 5) is 0. The normalized spacial score (nSPS) is 12.6. The molecule has 0 aliphatic rings. The molecule has 0 aromatic heterocycles. The Kier molecular flexibility index (Phi) is 13.5. The maximum absolute atomic E-state index is 5.41. The van der Waals surface area contributed by atoms with Crippen LogP contribution < -0.4 is 0 Å². The lowest BCUT2D eigenvalue weighted by Gasteiger charge is -2.15. The summed E-state index contributed by atoms with van der Waals surface area (Å²) in [5.74, 6) is 0.934. The van der Waals surface area contributed by atoms with Crippen molar-refractivity contribution in [1.29, 1.82) is 0 Å². The Bertz CT molecular complexity index is 154. The minimum atomic E-state index is 0.861. The molecule has 0 rings (SSSR count). The fourth-order valence-corrected chi connectivity index (χ4v) is 2.36. The third-order valence-electron chi connectivity index (χ3n) is 3.32. The quantitative estimate of drug-likeness (QED) is 0.311. The molecule has 1 unspecified atom stereocenters. The first kappa shape index (κ1) is 16.7. The van der Waals surface area contributed by atoms with E-state index < -0.39 is 0 Å². The zero-order valence-corrected chi connectivity index (χ0v) is 12.0. The fraction of sp³-hybridized carbons (Fsp3) is 0.875. The monoisotopic (exact) mass is 240 g/mol. The number of hydrogen-bond donors (Lipinski definition) is 0. The van der Waals surface area contributed by atoms with Gasteiger partial charge in [-0.25, -0.2) is 0 Å². The molecule has 0 aromatic rings. The second-order valence-corrected chi connectivity index (χ2v) is 4.92. The Morgan fingerprint density at radius 1 is 1.00 bits per heavy atom. The molecule has 0 radical (unpaired) electrons. The van der Waals surface area contributed by atoms with Gasteiger partial charge in [0.2, 0.25) is 0 Å². The van der Waals surface area contributed by atoms with Crippen LogP contribution in [0.2, 0.25) is 0 Å². The molecule has 0 saturated carbocycles. The molecule has 1 nitrogen and oxygen atoms in total. The van der Waals surface area contributed by atoms with Gasteiger partial charge < -0.3 is 4.74 Å². The van der Waals surface area contributed by atoms with Crippen LogP contribution in [0.4, 0.5) is 0 Å². The van der Waals surface area contributed by atoms with Gasteiger partial charge in [0.05, 0.1) is 0 Å². The van der Waals surface area contributed by atoms with Crippen LogP contribution >= 0.6 is 0 Å². The summed E-state index contributed by atoms with van der Waals surface area (Å²) in [5, 5.41) is 0. The molecule has 0 aromatic carbocycles. The zero-order chi connectivity index (χ0) is 12.8. The number of hydrogen-bond acceptors (Lipinski definition) is 1. The molecule has 0 spiro atoms. The highest BCUT2D eigenvalue weighted by Gasteiger charge is 2.07. The number of ether oxygens (including phenoxy) is 1. The van der Waals surface area contributed by atoms with Crippen molar-refractivity contribution in [2.75, 3.05) is 13.2 Å². The second kappa shape index (κ2) is 13.8. The van der Waals surface area contributed by atoms with Crippen LogP contribution in [0.25, 0.3) is 0 Å². The molecule has 0 saturated heterocycles. The lowest BCUT2D eigenvalue weighted by molar-refractivity contribution is 0.138. The van der Waals surface area contributed by atoms with Crippen molar-refractivity contribution in [3.8, 4) is 0 Å². The molecular weight excluding hydrogens is 208 g/mol. The fourth-order valence-electron chi connectivity index (χ4n) is 2.36. The Labute approximate surface area is 109 Å². The lowest BCUT2D eigenvalue weighted by Crippen LogP contribution is -2.03. The van der Waals surface area contributed by atoms with Gasteiger partial charge in [-0.1, -0.05) is 45.1 Å². The van der Waals surface area contributed by atoms with Gasteiger partial charge in [-0.15, -0.1) is 6.58 Å². The first-order valence-corrected chi connectivity index (χ1v) is 7.53. The molecule has 102 valence electrons. The molecule has 0 aliphatic heterocycles. The maximum atomic E-state index is 5.41. The van der Waals surface area contributed by atoms with Gasteiger partial charge in [0.15, 0.2) is 0 Å². The first-order chi connectivity index (χ1) is 8.35. The van der Waals surface area contributed by atoms with Crippen molar-refractivity contribution in [1.82, 2.24) is 0 Å². The SMILES string of the molecule is C=CCCCCCC(CCC)CCCOCC. The molecule has 1 atom stereocenters. The predicted molar refractivity (Wildman–Crippen MR) is 77.4 cm³/mol. The highest BCUT2D eigenvalue weighted by Crippen LogP contribution is 2.21. The summed E-state index contributed by atoms with van der Waals surface area (Å²) in [5.41, 5.74) is 0. The Hall–Kier alpha value is -0.300. The maximum Gasteiger partial charge on any atom is 0.0465 e. The van der Waals surface area contributed by atoms with Gasteiger partial charge in [-0.05, 0) is 38.5 Å². The van der Waals surface area contributed by atoms with Crippen molar-refractivity contribution in [2.45, 2.75) is 71.6 Å². The number of unbranched alkanes of at least 4 members (excludes halogenated alkanes) is 3. The zero-order valence-electron chi connectivity index (χ0n) is 12.0. The van der Waals surface area contributed by atoms with E-state index in [9.17, 15) is 0 Å². The average Bonchev–Trinajstić information content (AvgIpc) is 2.34. The molecule has 17 heavy (non-hydrogen) atoms. The van der Waals surface area contributed by atoms with E-state index in [-0.39, 0.29) is 0 Å². The summed E-state index contributed by atoms with van der Waals surface area (Å²) < 4.78 is 5.41. The van der Waals surface area contributed by atoms with E-state index >= 15 is 0 Å². The Morgan fingerprint density at radius 3 is 2.41 bits per heavy atom. The van der Waals surface area contributed by atoms with E-state index in [2.05, 4.69) is 20.4 Å². The van der Waals surface area contributed by atoms with Crippen molar-refractivity contribution in [3.05, 3.63) is 12.7 Å². The van der Waals surface area contributed by atoms with Gasteiger partial charge >= 0.3 is 0 Å². The third kappa shape index (κ3) is 12.0.